The molecule has 2 saturated heterocycles. The first kappa shape index (κ1) is 37.0. The number of carbonyl (C=O) groups is 2. The third-order valence-electron chi connectivity index (χ3n) is 8.01. The number of ether oxygens (including phenoxy) is 5. The van der Waals surface area contributed by atoms with E-state index in [-0.39, 0.29) is 41.6 Å². The molecule has 2 fully saturated rings. The molecule has 1 amide bonds. The predicted octanol–water partition coefficient (Wildman–Crippen LogP) is -0.770. The van der Waals surface area contributed by atoms with E-state index in [2.05, 4.69) is 20.3 Å². The second-order valence-electron chi connectivity index (χ2n) is 11.7. The smallest absolute Gasteiger partial charge is 0.414 e. The van der Waals surface area contributed by atoms with E-state index < -0.39 is 90.8 Å². The summed E-state index contributed by atoms with van der Waals surface area (Å²) in [4.78, 5) is 53.8. The second kappa shape index (κ2) is 15.9. The molecular formula is C31H32N6O16. The maximum Gasteiger partial charge on any atom is 0.414 e. The van der Waals surface area contributed by atoms with Gasteiger partial charge in [-0.3, -0.25) is 15.4 Å². The fourth-order valence-corrected chi connectivity index (χ4v) is 5.31. The van der Waals surface area contributed by atoms with Crippen molar-refractivity contribution in [3.63, 3.8) is 0 Å². The number of benzene rings is 2. The quantitative estimate of drug-likeness (QED) is 0.0653. The first-order valence-corrected chi connectivity index (χ1v) is 15.8. The van der Waals surface area contributed by atoms with Crippen LogP contribution in [0.15, 0.2) is 54.9 Å². The molecule has 8 atom stereocenters. The van der Waals surface area contributed by atoms with Gasteiger partial charge in [-0.25, -0.2) is 14.6 Å². The maximum absolute atomic E-state index is 12.9. The average molecular weight is 745 g/mol. The molecule has 4 heterocycles. The maximum atomic E-state index is 12.9. The van der Waals surface area contributed by atoms with Crippen LogP contribution in [0.25, 0.3) is 11.2 Å². The van der Waals surface area contributed by atoms with Crippen molar-refractivity contribution in [3.8, 4) is 11.6 Å². The number of anilines is 1. The highest BCUT2D eigenvalue weighted by molar-refractivity contribution is 5.85. The van der Waals surface area contributed by atoms with Crippen molar-refractivity contribution in [1.29, 1.82) is 0 Å². The Morgan fingerprint density at radius 2 is 1.77 bits per heavy atom. The average Bonchev–Trinajstić information content (AvgIpc) is 3.72. The van der Waals surface area contributed by atoms with Gasteiger partial charge in [0.2, 0.25) is 30.1 Å². The summed E-state index contributed by atoms with van der Waals surface area (Å²) in [5, 5.41) is 73.1. The normalized spacial score (nSPS) is 25.5. The molecule has 4 aromatic rings. The molecule has 7 N–H and O–H groups in total. The van der Waals surface area contributed by atoms with Crippen LogP contribution < -0.4 is 19.6 Å². The number of aliphatic carboxylic acids is 1. The molecule has 0 spiro atoms. The number of aromatic nitrogens is 4. The lowest BCUT2D eigenvalue weighted by Gasteiger charge is -2.38. The predicted molar refractivity (Wildman–Crippen MR) is 171 cm³/mol. The summed E-state index contributed by atoms with van der Waals surface area (Å²) in [6, 6.07) is 12.4. The molecule has 0 aliphatic carbocycles. The number of carboxylic acids is 1. The summed E-state index contributed by atoms with van der Waals surface area (Å²) in [5.74, 6) is -2.53. The van der Waals surface area contributed by atoms with Gasteiger partial charge in [0, 0.05) is 12.5 Å². The standard InChI is InChI=1S/C31H32N6O16/c38-10-19-17(39)9-20(50-19)53-36-13-32-21-26(36)33-30(34-27(21)48-11-14-4-2-1-3-5-14)35-31(45)49-12-15-6-7-18(16(8-15)37(46)47)51-29-24(42)22(40)23(41)25(52-29)28(43)44/h1-8,13,17,19-20,22-25,29,38-42H,9-12H2,(H,43,44)(H,33,34,35,45)/t17-,19+,20-,22-,23-,24+,25-,29+/m0/s1. The Bertz CT molecular complexity index is 1950. The molecule has 22 heteroatoms. The molecule has 0 bridgehead atoms. The summed E-state index contributed by atoms with van der Waals surface area (Å²) in [6.07, 6.45) is -12.5. The van der Waals surface area contributed by atoms with Crippen molar-refractivity contribution in [3.05, 3.63) is 76.1 Å². The van der Waals surface area contributed by atoms with Gasteiger partial charge in [0.15, 0.2) is 17.4 Å². The highest BCUT2D eigenvalue weighted by Crippen LogP contribution is 2.32. The van der Waals surface area contributed by atoms with Gasteiger partial charge in [-0.2, -0.15) is 9.97 Å². The summed E-state index contributed by atoms with van der Waals surface area (Å²) in [7, 11) is 0. The second-order valence-corrected chi connectivity index (χ2v) is 11.7. The molecular weight excluding hydrogens is 712 g/mol. The minimum absolute atomic E-state index is 0.0267. The van der Waals surface area contributed by atoms with Crippen molar-refractivity contribution in [2.75, 3.05) is 11.9 Å². The molecule has 2 aromatic heterocycles. The number of carbonyl (C=O) groups excluding carboxylic acids is 1. The third kappa shape index (κ3) is 8.33. The number of nitro benzene ring substituents is 1. The lowest BCUT2D eigenvalue weighted by molar-refractivity contribution is -0.387. The minimum Gasteiger partial charge on any atom is -0.479 e. The summed E-state index contributed by atoms with van der Waals surface area (Å²) in [5.41, 5.74) is 0.362. The van der Waals surface area contributed by atoms with Gasteiger partial charge >= 0.3 is 17.7 Å². The Kier molecular flexibility index (Phi) is 11.1. The SMILES string of the molecule is O=C(Nc1nc(OCc2ccccc2)c2ncn(O[C@H]3C[C@H](O)[C@@H](CO)O3)c2n1)OCc1ccc(O[C@@H]2O[C@H](C(=O)O)[C@@H](O)[C@H](O)[C@H]2O)c([N+](=O)[O-])c1. The molecule has 53 heavy (non-hydrogen) atoms. The fourth-order valence-electron chi connectivity index (χ4n) is 5.31. The number of carboxylic acid groups (broad SMARTS) is 1. The molecule has 282 valence electrons. The number of nitrogens with one attached hydrogen (secondary N) is 1. The van der Waals surface area contributed by atoms with Crippen molar-refractivity contribution >= 4 is 34.9 Å². The number of imidazole rings is 1. The molecule has 2 aliphatic heterocycles. The number of aliphatic hydroxyl groups is 5. The molecule has 22 nitrogen and oxygen atoms in total. The molecule has 6 rings (SSSR count). The zero-order valence-corrected chi connectivity index (χ0v) is 27.1. The van der Waals surface area contributed by atoms with Gasteiger partial charge in [0.1, 0.15) is 44.0 Å². The zero-order chi connectivity index (χ0) is 37.8. The number of nitrogens with zero attached hydrogens (tertiary/aromatic N) is 5. The molecule has 2 aromatic carbocycles. The van der Waals surface area contributed by atoms with Crippen molar-refractivity contribution in [1.82, 2.24) is 19.7 Å². The van der Waals surface area contributed by atoms with E-state index in [0.717, 1.165) is 22.4 Å². The van der Waals surface area contributed by atoms with Crippen LogP contribution in [0.1, 0.15) is 17.5 Å². The Balaban J connectivity index is 1.16. The van der Waals surface area contributed by atoms with Gasteiger partial charge in [-0.1, -0.05) is 36.4 Å². The molecule has 0 saturated carbocycles. The van der Waals surface area contributed by atoms with Crippen molar-refractivity contribution in [2.45, 2.75) is 68.8 Å². The minimum atomic E-state index is -2.00. The summed E-state index contributed by atoms with van der Waals surface area (Å²) in [6.45, 7) is -0.888. The number of hydrogen-bond acceptors (Lipinski definition) is 18. The zero-order valence-electron chi connectivity index (χ0n) is 27.1. The first-order chi connectivity index (χ1) is 25.4. The third-order valence-corrected chi connectivity index (χ3v) is 8.01. The van der Waals surface area contributed by atoms with Gasteiger partial charge in [0.25, 0.3) is 0 Å². The van der Waals surface area contributed by atoms with E-state index >= 15 is 0 Å². The van der Waals surface area contributed by atoms with E-state index in [0.29, 0.717) is 0 Å². The van der Waals surface area contributed by atoms with E-state index in [4.69, 9.17) is 28.5 Å². The number of amides is 1. The van der Waals surface area contributed by atoms with Crippen LogP contribution in [0.5, 0.6) is 11.6 Å². The highest BCUT2D eigenvalue weighted by Gasteiger charge is 2.48. The fraction of sp³-hybridized carbons (Fsp3) is 0.387. The number of aliphatic hydroxyl groups excluding tert-OH is 5. The van der Waals surface area contributed by atoms with E-state index in [1.54, 1.807) is 0 Å². The van der Waals surface area contributed by atoms with Gasteiger partial charge in [-0.15, -0.1) is 4.73 Å². The van der Waals surface area contributed by atoms with E-state index in [1.165, 1.54) is 12.4 Å². The van der Waals surface area contributed by atoms with E-state index in [9.17, 15) is 50.3 Å². The number of hydrogen-bond donors (Lipinski definition) is 7. The van der Waals surface area contributed by atoms with Gasteiger partial charge < -0.3 is 59.2 Å². The monoisotopic (exact) mass is 744 g/mol. The van der Waals surface area contributed by atoms with Crippen LogP contribution in [0.4, 0.5) is 16.4 Å². The van der Waals surface area contributed by atoms with Crippen LogP contribution in [-0.4, -0.2) is 123 Å². The van der Waals surface area contributed by atoms with Crippen LogP contribution in [0.2, 0.25) is 0 Å². The summed E-state index contributed by atoms with van der Waals surface area (Å²) < 4.78 is 28.1. The van der Waals surface area contributed by atoms with Crippen LogP contribution in [0, 0.1) is 10.1 Å². The number of rotatable bonds is 13. The van der Waals surface area contributed by atoms with Crippen molar-refractivity contribution < 1.29 is 73.7 Å². The number of nitro groups is 1. The first-order valence-electron chi connectivity index (χ1n) is 15.8. The van der Waals surface area contributed by atoms with Crippen LogP contribution in [-0.2, 0) is 32.2 Å². The molecule has 2 aliphatic rings. The molecule has 0 unspecified atom stereocenters. The summed E-state index contributed by atoms with van der Waals surface area (Å²) >= 11 is 0. The molecule has 0 radical (unpaired) electrons. The highest BCUT2D eigenvalue weighted by atomic mass is 16.8. The number of fused-ring (bicyclic) bond motifs is 1. The Hall–Kier alpha value is -5.75. The lowest BCUT2D eigenvalue weighted by atomic mass is 9.99. The van der Waals surface area contributed by atoms with Crippen LogP contribution in [0.3, 0.4) is 0 Å². The van der Waals surface area contributed by atoms with Gasteiger partial charge in [0.05, 0.1) is 17.6 Å². The van der Waals surface area contributed by atoms with Gasteiger partial charge in [-0.05, 0) is 17.2 Å². The Morgan fingerprint density at radius 1 is 1.00 bits per heavy atom. The topological polar surface area (TPSA) is 310 Å². The van der Waals surface area contributed by atoms with Crippen molar-refractivity contribution in [2.24, 2.45) is 0 Å². The van der Waals surface area contributed by atoms with Crippen LogP contribution >= 0.6 is 0 Å². The lowest BCUT2D eigenvalue weighted by Crippen LogP contribution is -2.61. The van der Waals surface area contributed by atoms with E-state index in [1.807, 2.05) is 30.3 Å². The Labute approximate surface area is 296 Å². The Morgan fingerprint density at radius 3 is 2.47 bits per heavy atom. The largest absolute Gasteiger partial charge is 0.479 e.